The van der Waals surface area contributed by atoms with Gasteiger partial charge in [-0.1, -0.05) is 18.2 Å². The summed E-state index contributed by atoms with van der Waals surface area (Å²) in [6.07, 6.45) is 0. The standard InChI is InChI=1S/C19H21FN2O3/c1-12-9-13(20)11-14(10-12)21-17(23)18(24)22-19(2,3)15-7-5-6-8-16(15)25-4/h5-11H,1-4H3,(H,21,23)(H,22,24). The van der Waals surface area contributed by atoms with Gasteiger partial charge in [-0.3, -0.25) is 9.59 Å². The van der Waals surface area contributed by atoms with E-state index < -0.39 is 23.2 Å². The second kappa shape index (κ2) is 7.34. The molecule has 0 bridgehead atoms. The molecular formula is C19H21FN2O3. The van der Waals surface area contributed by atoms with Crippen LogP contribution in [-0.4, -0.2) is 18.9 Å². The van der Waals surface area contributed by atoms with Gasteiger partial charge in [0.1, 0.15) is 11.6 Å². The van der Waals surface area contributed by atoms with Crippen molar-refractivity contribution in [3.8, 4) is 5.75 Å². The van der Waals surface area contributed by atoms with Crippen LogP contribution in [0.4, 0.5) is 10.1 Å². The zero-order chi connectivity index (χ0) is 18.6. The summed E-state index contributed by atoms with van der Waals surface area (Å²) in [7, 11) is 1.54. The van der Waals surface area contributed by atoms with Crippen molar-refractivity contribution >= 4 is 17.5 Å². The normalized spacial score (nSPS) is 10.9. The predicted octanol–water partition coefficient (Wildman–Crippen LogP) is 3.13. The van der Waals surface area contributed by atoms with Crippen LogP contribution in [0.3, 0.4) is 0 Å². The molecule has 6 heteroatoms. The van der Waals surface area contributed by atoms with Crippen molar-refractivity contribution in [2.24, 2.45) is 0 Å². The summed E-state index contributed by atoms with van der Waals surface area (Å²) in [5.41, 5.74) is 0.775. The zero-order valence-corrected chi connectivity index (χ0v) is 14.6. The molecule has 0 fully saturated rings. The van der Waals surface area contributed by atoms with Crippen molar-refractivity contribution in [3.63, 3.8) is 0 Å². The smallest absolute Gasteiger partial charge is 0.313 e. The van der Waals surface area contributed by atoms with Crippen molar-refractivity contribution in [3.05, 3.63) is 59.4 Å². The second-order valence-electron chi connectivity index (χ2n) is 6.25. The number of amides is 2. The van der Waals surface area contributed by atoms with Gasteiger partial charge in [-0.2, -0.15) is 0 Å². The molecule has 132 valence electrons. The molecule has 5 nitrogen and oxygen atoms in total. The number of halogens is 1. The third-order valence-corrected chi connectivity index (χ3v) is 3.71. The molecule has 0 saturated carbocycles. The fraction of sp³-hybridized carbons (Fsp3) is 0.263. The number of anilines is 1. The van der Waals surface area contributed by atoms with Crippen LogP contribution >= 0.6 is 0 Å². The molecule has 2 N–H and O–H groups in total. The van der Waals surface area contributed by atoms with E-state index in [9.17, 15) is 14.0 Å². The first-order chi connectivity index (χ1) is 11.7. The summed E-state index contributed by atoms with van der Waals surface area (Å²) < 4.78 is 18.7. The van der Waals surface area contributed by atoms with Crippen LogP contribution in [0.25, 0.3) is 0 Å². The van der Waals surface area contributed by atoms with Crippen LogP contribution in [-0.2, 0) is 15.1 Å². The van der Waals surface area contributed by atoms with Crippen LogP contribution < -0.4 is 15.4 Å². The number of hydrogen-bond acceptors (Lipinski definition) is 3. The van der Waals surface area contributed by atoms with E-state index in [1.165, 1.54) is 13.2 Å². The summed E-state index contributed by atoms with van der Waals surface area (Å²) >= 11 is 0. The third-order valence-electron chi connectivity index (χ3n) is 3.71. The highest BCUT2D eigenvalue weighted by Crippen LogP contribution is 2.29. The van der Waals surface area contributed by atoms with Gasteiger partial charge < -0.3 is 15.4 Å². The zero-order valence-electron chi connectivity index (χ0n) is 14.6. The Morgan fingerprint density at radius 3 is 2.40 bits per heavy atom. The van der Waals surface area contributed by atoms with Crippen molar-refractivity contribution in [2.75, 3.05) is 12.4 Å². The molecule has 2 amide bonds. The maximum Gasteiger partial charge on any atom is 0.313 e. The summed E-state index contributed by atoms with van der Waals surface area (Å²) in [5, 5.41) is 5.08. The van der Waals surface area contributed by atoms with Gasteiger partial charge in [-0.15, -0.1) is 0 Å². The molecule has 0 aliphatic carbocycles. The van der Waals surface area contributed by atoms with E-state index in [0.717, 1.165) is 11.6 Å². The Morgan fingerprint density at radius 2 is 1.76 bits per heavy atom. The van der Waals surface area contributed by atoms with Crippen molar-refractivity contribution in [1.82, 2.24) is 5.32 Å². The van der Waals surface area contributed by atoms with E-state index in [1.807, 2.05) is 18.2 Å². The largest absolute Gasteiger partial charge is 0.496 e. The van der Waals surface area contributed by atoms with Gasteiger partial charge in [0.2, 0.25) is 0 Å². The summed E-state index contributed by atoms with van der Waals surface area (Å²) in [6, 6.07) is 11.3. The Labute approximate surface area is 146 Å². The van der Waals surface area contributed by atoms with Crippen LogP contribution in [0.5, 0.6) is 5.75 Å². The minimum Gasteiger partial charge on any atom is -0.496 e. The maximum atomic E-state index is 13.4. The molecule has 0 aliphatic heterocycles. The predicted molar refractivity (Wildman–Crippen MR) is 93.9 cm³/mol. The highest BCUT2D eigenvalue weighted by molar-refractivity contribution is 6.39. The average molecular weight is 344 g/mol. The molecule has 0 spiro atoms. The van der Waals surface area contributed by atoms with Gasteiger partial charge in [-0.25, -0.2) is 4.39 Å². The molecule has 2 rings (SSSR count). The van der Waals surface area contributed by atoms with Crippen LogP contribution in [0.15, 0.2) is 42.5 Å². The molecule has 2 aromatic carbocycles. The lowest BCUT2D eigenvalue weighted by molar-refractivity contribution is -0.137. The first kappa shape index (κ1) is 18.4. The molecule has 0 heterocycles. The first-order valence-electron chi connectivity index (χ1n) is 7.77. The lowest BCUT2D eigenvalue weighted by Crippen LogP contribution is -2.46. The van der Waals surface area contributed by atoms with Crippen LogP contribution in [0.2, 0.25) is 0 Å². The van der Waals surface area contributed by atoms with E-state index in [0.29, 0.717) is 11.3 Å². The van der Waals surface area contributed by atoms with E-state index in [2.05, 4.69) is 10.6 Å². The fourth-order valence-corrected chi connectivity index (χ4v) is 2.57. The van der Waals surface area contributed by atoms with Crippen molar-refractivity contribution in [2.45, 2.75) is 26.3 Å². The number of nitrogens with one attached hydrogen (secondary N) is 2. The van der Waals surface area contributed by atoms with Gasteiger partial charge in [-0.05, 0) is 50.6 Å². The Balaban J connectivity index is 2.13. The number of hydrogen-bond donors (Lipinski definition) is 2. The van der Waals surface area contributed by atoms with Gasteiger partial charge in [0.25, 0.3) is 0 Å². The number of methoxy groups -OCH3 is 1. The van der Waals surface area contributed by atoms with Crippen molar-refractivity contribution in [1.29, 1.82) is 0 Å². The molecule has 2 aromatic rings. The van der Waals surface area contributed by atoms with E-state index in [4.69, 9.17) is 4.74 Å². The molecule has 0 aromatic heterocycles. The molecule has 0 aliphatic rings. The summed E-state index contributed by atoms with van der Waals surface area (Å²) in [6.45, 7) is 5.23. The lowest BCUT2D eigenvalue weighted by atomic mass is 9.93. The Morgan fingerprint density at radius 1 is 1.08 bits per heavy atom. The number of carbonyl (C=O) groups excluding carboxylic acids is 2. The highest BCUT2D eigenvalue weighted by Gasteiger charge is 2.28. The topological polar surface area (TPSA) is 67.4 Å². The van der Waals surface area contributed by atoms with Crippen LogP contribution in [0.1, 0.15) is 25.0 Å². The second-order valence-corrected chi connectivity index (χ2v) is 6.25. The lowest BCUT2D eigenvalue weighted by Gasteiger charge is -2.28. The number of benzene rings is 2. The van der Waals surface area contributed by atoms with Crippen LogP contribution in [0, 0.1) is 12.7 Å². The third kappa shape index (κ3) is 4.56. The first-order valence-corrected chi connectivity index (χ1v) is 7.77. The van der Waals surface area contributed by atoms with Crippen molar-refractivity contribution < 1.29 is 18.7 Å². The Hall–Kier alpha value is -2.89. The number of para-hydroxylation sites is 1. The number of aryl methyl sites for hydroxylation is 1. The molecular weight excluding hydrogens is 323 g/mol. The molecule has 0 unspecified atom stereocenters. The van der Waals surface area contributed by atoms with Gasteiger partial charge in [0.15, 0.2) is 0 Å². The minimum atomic E-state index is -0.868. The Bertz CT molecular complexity index is 783. The van der Waals surface area contributed by atoms with E-state index in [-0.39, 0.29) is 5.69 Å². The monoisotopic (exact) mass is 344 g/mol. The molecule has 0 radical (unpaired) electrons. The fourth-order valence-electron chi connectivity index (χ4n) is 2.57. The molecule has 0 saturated heterocycles. The van der Waals surface area contributed by atoms with E-state index >= 15 is 0 Å². The summed E-state index contributed by atoms with van der Waals surface area (Å²) in [5.74, 6) is -1.56. The van der Waals surface area contributed by atoms with Gasteiger partial charge in [0.05, 0.1) is 12.6 Å². The number of ether oxygens (including phenoxy) is 1. The number of rotatable bonds is 4. The highest BCUT2D eigenvalue weighted by atomic mass is 19.1. The minimum absolute atomic E-state index is 0.229. The quantitative estimate of drug-likeness (QED) is 0.838. The SMILES string of the molecule is COc1ccccc1C(C)(C)NC(=O)C(=O)Nc1cc(C)cc(F)c1. The average Bonchev–Trinajstić information content (AvgIpc) is 2.53. The molecule has 25 heavy (non-hydrogen) atoms. The summed E-state index contributed by atoms with van der Waals surface area (Å²) in [4.78, 5) is 24.4. The van der Waals surface area contributed by atoms with E-state index in [1.54, 1.807) is 32.9 Å². The molecule has 0 atom stereocenters. The van der Waals surface area contributed by atoms with Gasteiger partial charge >= 0.3 is 11.8 Å². The van der Waals surface area contributed by atoms with Gasteiger partial charge in [0, 0.05) is 11.3 Å². The maximum absolute atomic E-state index is 13.4. The Kier molecular flexibility index (Phi) is 5.41. The number of carbonyl (C=O) groups is 2.